The van der Waals surface area contributed by atoms with Crippen LogP contribution in [0.1, 0.15) is 0 Å². The highest BCUT2D eigenvalue weighted by molar-refractivity contribution is 7.25. The Balaban J connectivity index is 1.23. The second-order valence-electron chi connectivity index (χ2n) is 12.1. The molecule has 3 heterocycles. The smallest absolute Gasteiger partial charge is 0.0641 e. The molecule has 0 aliphatic carbocycles. The summed E-state index contributed by atoms with van der Waals surface area (Å²) >= 11 is 1.86. The number of anilines is 3. The van der Waals surface area contributed by atoms with Crippen LogP contribution >= 0.6 is 11.3 Å². The number of para-hydroxylation sites is 4. The van der Waals surface area contributed by atoms with Gasteiger partial charge in [0.15, 0.2) is 0 Å². The average molecular weight is 617 g/mol. The van der Waals surface area contributed by atoms with E-state index in [-0.39, 0.29) is 0 Å². The number of hydrogen-bond acceptors (Lipinski definition) is 2. The van der Waals surface area contributed by atoms with Crippen molar-refractivity contribution in [2.45, 2.75) is 0 Å². The summed E-state index contributed by atoms with van der Waals surface area (Å²) in [6.07, 6.45) is 0. The minimum atomic E-state index is 1.14. The summed E-state index contributed by atoms with van der Waals surface area (Å²) in [6, 6.07) is 62.0. The van der Waals surface area contributed by atoms with E-state index >= 15 is 0 Å². The first-order valence-electron chi connectivity index (χ1n) is 16.0. The van der Waals surface area contributed by atoms with Crippen molar-refractivity contribution >= 4 is 59.5 Å². The molecule has 9 aromatic rings. The van der Waals surface area contributed by atoms with E-state index < -0.39 is 0 Å². The normalized spacial score (nSPS) is 12.2. The van der Waals surface area contributed by atoms with E-state index in [1.165, 1.54) is 70.3 Å². The Morgan fingerprint density at radius 2 is 1.04 bits per heavy atom. The fraction of sp³-hybridized carbons (Fsp3) is 0. The predicted molar refractivity (Wildman–Crippen MR) is 201 cm³/mol. The summed E-state index contributed by atoms with van der Waals surface area (Å²) in [5.41, 5.74) is 13.2. The monoisotopic (exact) mass is 616 g/mol. The Kier molecular flexibility index (Phi) is 5.78. The van der Waals surface area contributed by atoms with Crippen molar-refractivity contribution in [1.82, 2.24) is 4.57 Å². The zero-order valence-corrected chi connectivity index (χ0v) is 26.3. The number of benzene rings is 7. The van der Waals surface area contributed by atoms with Crippen molar-refractivity contribution in [2.24, 2.45) is 0 Å². The van der Waals surface area contributed by atoms with E-state index in [0.717, 1.165) is 17.1 Å². The number of fused-ring (bicyclic) bond motifs is 10. The molecule has 220 valence electrons. The lowest BCUT2D eigenvalue weighted by Gasteiger charge is -2.28. The Labute approximate surface area is 277 Å². The first kappa shape index (κ1) is 26.3. The van der Waals surface area contributed by atoms with Gasteiger partial charge in [-0.25, -0.2) is 0 Å². The Morgan fingerprint density at radius 1 is 0.404 bits per heavy atom. The fourth-order valence-corrected chi connectivity index (χ4v) is 8.59. The maximum absolute atomic E-state index is 2.46. The van der Waals surface area contributed by atoms with Crippen molar-refractivity contribution < 1.29 is 0 Å². The minimum absolute atomic E-state index is 1.14. The SMILES string of the molecule is c1ccc(-n2c3c(c4ccccc42)-c2ccccc2N(c2cccc(-c4ccc5sc6ccccc6c5c4)c2)c2ccccc2-3)cc1. The van der Waals surface area contributed by atoms with Gasteiger partial charge in [-0.3, -0.25) is 0 Å². The van der Waals surface area contributed by atoms with Gasteiger partial charge in [-0.1, -0.05) is 109 Å². The summed E-state index contributed by atoms with van der Waals surface area (Å²) in [5, 5.41) is 3.89. The molecule has 2 aromatic heterocycles. The fourth-order valence-electron chi connectivity index (χ4n) is 7.50. The van der Waals surface area contributed by atoms with Crippen molar-refractivity contribution in [3.8, 4) is 39.2 Å². The maximum Gasteiger partial charge on any atom is 0.0641 e. The van der Waals surface area contributed by atoms with Crippen LogP contribution in [0.25, 0.3) is 70.3 Å². The summed E-state index contributed by atoms with van der Waals surface area (Å²) in [5.74, 6) is 0. The van der Waals surface area contributed by atoms with Gasteiger partial charge in [0, 0.05) is 53.6 Å². The molecule has 0 saturated carbocycles. The van der Waals surface area contributed by atoms with Crippen molar-refractivity contribution in [1.29, 1.82) is 0 Å². The van der Waals surface area contributed by atoms with E-state index in [9.17, 15) is 0 Å². The standard InChI is InChI=1S/C44H28N2S/c1-2-14-31(15-3-1)46-39-22-9-5-19-35(39)43-34-18-4-8-21-38(34)45(40-23-10-6-20-36(40)44(43)46)32-16-12-13-29(27-32)30-25-26-42-37(28-30)33-17-7-11-24-41(33)47-42/h1-28H. The molecule has 0 amide bonds. The molecular formula is C44H28N2S. The highest BCUT2D eigenvalue weighted by Crippen LogP contribution is 2.54. The lowest BCUT2D eigenvalue weighted by atomic mass is 9.98. The van der Waals surface area contributed by atoms with Gasteiger partial charge in [0.2, 0.25) is 0 Å². The second-order valence-corrected chi connectivity index (χ2v) is 13.2. The van der Waals surface area contributed by atoms with E-state index in [4.69, 9.17) is 0 Å². The first-order valence-corrected chi connectivity index (χ1v) is 16.8. The zero-order valence-electron chi connectivity index (χ0n) is 25.5. The van der Waals surface area contributed by atoms with Crippen molar-refractivity contribution in [3.63, 3.8) is 0 Å². The predicted octanol–water partition coefficient (Wildman–Crippen LogP) is 12.8. The topological polar surface area (TPSA) is 8.17 Å². The molecule has 7 aromatic carbocycles. The van der Waals surface area contributed by atoms with E-state index in [2.05, 4.69) is 179 Å². The summed E-state index contributed by atoms with van der Waals surface area (Å²) in [4.78, 5) is 2.46. The Hall–Kier alpha value is -5.90. The van der Waals surface area contributed by atoms with Crippen LogP contribution < -0.4 is 4.90 Å². The van der Waals surface area contributed by atoms with Crippen LogP contribution in [0.4, 0.5) is 17.1 Å². The molecule has 3 heteroatoms. The molecule has 10 rings (SSSR count). The van der Waals surface area contributed by atoms with E-state index in [0.29, 0.717) is 0 Å². The largest absolute Gasteiger partial charge is 0.309 e. The second kappa shape index (κ2) is 10.3. The number of nitrogens with zero attached hydrogens (tertiary/aromatic N) is 2. The minimum Gasteiger partial charge on any atom is -0.309 e. The molecule has 1 aliphatic heterocycles. The van der Waals surface area contributed by atoms with Gasteiger partial charge in [-0.05, 0) is 71.8 Å². The number of thiophene rings is 1. The zero-order chi connectivity index (χ0) is 30.9. The molecule has 0 N–H and O–H groups in total. The molecular weight excluding hydrogens is 589 g/mol. The van der Waals surface area contributed by atoms with Gasteiger partial charge >= 0.3 is 0 Å². The summed E-state index contributed by atoms with van der Waals surface area (Å²) < 4.78 is 5.10. The van der Waals surface area contributed by atoms with E-state index in [1.54, 1.807) is 0 Å². The van der Waals surface area contributed by atoms with Crippen molar-refractivity contribution in [2.75, 3.05) is 4.90 Å². The number of aromatic nitrogens is 1. The Bertz CT molecular complexity index is 2640. The van der Waals surface area contributed by atoms with Crippen LogP contribution in [-0.4, -0.2) is 4.57 Å². The van der Waals surface area contributed by atoms with Crippen LogP contribution in [0, 0.1) is 0 Å². The maximum atomic E-state index is 2.46. The molecule has 1 aliphatic rings. The molecule has 0 saturated heterocycles. The third-order valence-corrected chi connectivity index (χ3v) is 10.7. The van der Waals surface area contributed by atoms with Crippen LogP contribution in [0.2, 0.25) is 0 Å². The van der Waals surface area contributed by atoms with Gasteiger partial charge in [-0.2, -0.15) is 0 Å². The van der Waals surface area contributed by atoms with Gasteiger partial charge in [-0.15, -0.1) is 11.3 Å². The quantitative estimate of drug-likeness (QED) is 0.192. The number of hydrogen-bond donors (Lipinski definition) is 0. The highest BCUT2D eigenvalue weighted by Gasteiger charge is 2.31. The molecule has 0 unspecified atom stereocenters. The Morgan fingerprint density at radius 3 is 1.91 bits per heavy atom. The van der Waals surface area contributed by atoms with Gasteiger partial charge in [0.05, 0.1) is 22.6 Å². The molecule has 0 fully saturated rings. The average Bonchev–Trinajstić information content (AvgIpc) is 3.65. The van der Waals surface area contributed by atoms with Gasteiger partial charge < -0.3 is 9.47 Å². The summed E-state index contributed by atoms with van der Waals surface area (Å²) in [7, 11) is 0. The third kappa shape index (κ3) is 3.97. The molecule has 0 spiro atoms. The number of rotatable bonds is 3. The third-order valence-electron chi connectivity index (χ3n) is 9.52. The van der Waals surface area contributed by atoms with Crippen LogP contribution in [-0.2, 0) is 0 Å². The van der Waals surface area contributed by atoms with Gasteiger partial charge in [0.25, 0.3) is 0 Å². The lowest BCUT2D eigenvalue weighted by Crippen LogP contribution is -2.11. The van der Waals surface area contributed by atoms with Crippen LogP contribution in [0.15, 0.2) is 170 Å². The molecule has 2 nitrogen and oxygen atoms in total. The van der Waals surface area contributed by atoms with Crippen LogP contribution in [0.3, 0.4) is 0 Å². The van der Waals surface area contributed by atoms with Crippen molar-refractivity contribution in [3.05, 3.63) is 170 Å². The summed E-state index contributed by atoms with van der Waals surface area (Å²) in [6.45, 7) is 0. The molecule has 47 heavy (non-hydrogen) atoms. The molecule has 0 bridgehead atoms. The van der Waals surface area contributed by atoms with Crippen LogP contribution in [0.5, 0.6) is 0 Å². The van der Waals surface area contributed by atoms with Gasteiger partial charge in [0.1, 0.15) is 0 Å². The molecule has 0 radical (unpaired) electrons. The molecule has 0 atom stereocenters. The first-order chi connectivity index (χ1) is 23.3. The lowest BCUT2D eigenvalue weighted by molar-refractivity contribution is 1.13. The van der Waals surface area contributed by atoms with E-state index in [1.807, 2.05) is 11.3 Å². The highest BCUT2D eigenvalue weighted by atomic mass is 32.1.